The van der Waals surface area contributed by atoms with Crippen LogP contribution >= 0.6 is 0 Å². The van der Waals surface area contributed by atoms with E-state index in [-0.39, 0.29) is 24.9 Å². The zero-order chi connectivity index (χ0) is 20.0. The summed E-state index contributed by atoms with van der Waals surface area (Å²) in [4.78, 5) is 22.9. The summed E-state index contributed by atoms with van der Waals surface area (Å²) in [5.74, 6) is -0.421. The average molecular weight is 372 g/mol. The molecular formula is C22H28O5. The number of rotatable bonds is 9. The van der Waals surface area contributed by atoms with Gasteiger partial charge in [-0.3, -0.25) is 9.59 Å². The van der Waals surface area contributed by atoms with Gasteiger partial charge in [0.15, 0.2) is 0 Å². The zero-order valence-electron chi connectivity index (χ0n) is 16.5. The molecule has 2 aromatic carbocycles. The van der Waals surface area contributed by atoms with E-state index in [1.165, 1.54) is 5.56 Å². The van der Waals surface area contributed by atoms with E-state index in [0.29, 0.717) is 6.42 Å². The number of aliphatic carboxylic acids is 1. The molecule has 0 radical (unpaired) electrons. The predicted molar refractivity (Wildman–Crippen MR) is 105 cm³/mol. The van der Waals surface area contributed by atoms with E-state index in [2.05, 4.69) is 18.2 Å². The van der Waals surface area contributed by atoms with E-state index in [9.17, 15) is 9.59 Å². The van der Waals surface area contributed by atoms with Gasteiger partial charge in [0.05, 0.1) is 26.1 Å². The van der Waals surface area contributed by atoms with Gasteiger partial charge in [-0.1, -0.05) is 38.1 Å². The number of methoxy groups -OCH3 is 1. The molecule has 0 saturated heterocycles. The van der Waals surface area contributed by atoms with Gasteiger partial charge in [0.25, 0.3) is 0 Å². The predicted octanol–water partition coefficient (Wildman–Crippen LogP) is 4.60. The number of fused-ring (bicyclic) bond motifs is 1. The molecule has 0 spiro atoms. The van der Waals surface area contributed by atoms with Crippen LogP contribution in [0.3, 0.4) is 0 Å². The number of hydrogen-bond acceptors (Lipinski definition) is 4. The fourth-order valence-corrected chi connectivity index (χ4v) is 3.11. The maximum absolute atomic E-state index is 12.1. The van der Waals surface area contributed by atoms with Crippen LogP contribution in [0.5, 0.6) is 5.75 Å². The third-order valence-corrected chi connectivity index (χ3v) is 4.54. The van der Waals surface area contributed by atoms with E-state index >= 15 is 0 Å². The molecule has 146 valence electrons. The molecule has 0 amide bonds. The first kappa shape index (κ1) is 20.7. The number of aryl methyl sites for hydroxylation is 1. The summed E-state index contributed by atoms with van der Waals surface area (Å²) in [7, 11) is 1.65. The molecule has 5 nitrogen and oxygen atoms in total. The van der Waals surface area contributed by atoms with Crippen molar-refractivity contribution in [2.24, 2.45) is 5.41 Å². The van der Waals surface area contributed by atoms with Gasteiger partial charge in [0, 0.05) is 0 Å². The Balaban J connectivity index is 1.87. The Bertz CT molecular complexity index is 809. The van der Waals surface area contributed by atoms with E-state index in [1.54, 1.807) is 21.0 Å². The maximum Gasteiger partial charge on any atom is 0.306 e. The normalized spacial score (nSPS) is 12.6. The lowest BCUT2D eigenvalue weighted by Gasteiger charge is -2.22. The molecule has 0 aliphatic carbocycles. The molecule has 1 N–H and O–H groups in total. The number of carbonyl (C=O) groups excluding carboxylic acids is 1. The minimum Gasteiger partial charge on any atom is -0.497 e. The van der Waals surface area contributed by atoms with Crippen LogP contribution in [0.15, 0.2) is 36.4 Å². The summed E-state index contributed by atoms with van der Waals surface area (Å²) in [5, 5.41) is 11.2. The Kier molecular flexibility index (Phi) is 6.83. The molecule has 2 rings (SSSR count). The average Bonchev–Trinajstić information content (AvgIpc) is 2.57. The minimum absolute atomic E-state index is 0.0572. The highest BCUT2D eigenvalue weighted by Gasteiger charge is 2.26. The number of benzene rings is 2. The van der Waals surface area contributed by atoms with Gasteiger partial charge in [-0.2, -0.15) is 0 Å². The van der Waals surface area contributed by atoms with Crippen molar-refractivity contribution in [1.29, 1.82) is 0 Å². The zero-order valence-corrected chi connectivity index (χ0v) is 16.5. The van der Waals surface area contributed by atoms with E-state index in [4.69, 9.17) is 14.6 Å². The SMILES string of the molecule is COc1ccc2cc(CCC(C)OC(=O)CC(C)(C)CC(=O)O)ccc2c1. The van der Waals surface area contributed by atoms with Gasteiger partial charge >= 0.3 is 11.9 Å². The number of carbonyl (C=O) groups is 2. The number of hydrogen-bond donors (Lipinski definition) is 1. The molecule has 0 saturated carbocycles. The molecule has 1 unspecified atom stereocenters. The summed E-state index contributed by atoms with van der Waals surface area (Å²) in [6.45, 7) is 5.39. The molecule has 0 bridgehead atoms. The van der Waals surface area contributed by atoms with Crippen LogP contribution < -0.4 is 4.74 Å². The first-order valence-electron chi connectivity index (χ1n) is 9.16. The fraction of sp³-hybridized carbons (Fsp3) is 0.455. The second-order valence-electron chi connectivity index (χ2n) is 7.80. The lowest BCUT2D eigenvalue weighted by Crippen LogP contribution is -2.24. The number of esters is 1. The number of carboxylic acid groups (broad SMARTS) is 1. The van der Waals surface area contributed by atoms with Crippen molar-refractivity contribution in [1.82, 2.24) is 0 Å². The van der Waals surface area contributed by atoms with Crippen LogP contribution in [-0.2, 0) is 20.7 Å². The first-order chi connectivity index (χ1) is 12.7. The van der Waals surface area contributed by atoms with Gasteiger partial charge in [-0.25, -0.2) is 0 Å². The molecular weight excluding hydrogens is 344 g/mol. The van der Waals surface area contributed by atoms with Crippen LogP contribution in [0.25, 0.3) is 10.8 Å². The summed E-state index contributed by atoms with van der Waals surface area (Å²) in [5.41, 5.74) is 0.573. The van der Waals surface area contributed by atoms with Crippen molar-refractivity contribution in [3.05, 3.63) is 42.0 Å². The standard InChI is InChI=1S/C22H28O5/c1-15(27-21(25)14-22(2,3)13-20(23)24)5-6-16-7-8-18-12-19(26-4)10-9-17(18)11-16/h7-12,15H,5-6,13-14H2,1-4H3,(H,23,24). The highest BCUT2D eigenvalue weighted by Crippen LogP contribution is 2.26. The molecule has 5 heteroatoms. The second kappa shape index (κ2) is 8.89. The Morgan fingerprint density at radius 2 is 1.74 bits per heavy atom. The topological polar surface area (TPSA) is 72.8 Å². The van der Waals surface area contributed by atoms with Crippen molar-refractivity contribution < 1.29 is 24.2 Å². The number of ether oxygens (including phenoxy) is 2. The van der Waals surface area contributed by atoms with Crippen molar-refractivity contribution in [2.75, 3.05) is 7.11 Å². The van der Waals surface area contributed by atoms with E-state index < -0.39 is 11.4 Å². The summed E-state index contributed by atoms with van der Waals surface area (Å²) < 4.78 is 10.7. The smallest absolute Gasteiger partial charge is 0.306 e. The monoisotopic (exact) mass is 372 g/mol. The van der Waals surface area contributed by atoms with Crippen LogP contribution in [0.1, 0.15) is 45.6 Å². The van der Waals surface area contributed by atoms with Crippen LogP contribution in [0.4, 0.5) is 0 Å². The van der Waals surface area contributed by atoms with E-state index in [1.807, 2.05) is 25.1 Å². The van der Waals surface area contributed by atoms with Gasteiger partial charge in [0.1, 0.15) is 5.75 Å². The Morgan fingerprint density at radius 1 is 1.07 bits per heavy atom. The van der Waals surface area contributed by atoms with Gasteiger partial charge in [-0.05, 0) is 53.6 Å². The quantitative estimate of drug-likeness (QED) is 0.651. The van der Waals surface area contributed by atoms with Crippen LogP contribution in [-0.4, -0.2) is 30.3 Å². The summed E-state index contributed by atoms with van der Waals surface area (Å²) in [6.07, 6.45) is 1.34. The van der Waals surface area contributed by atoms with Crippen LogP contribution in [0, 0.1) is 5.41 Å². The molecule has 0 fully saturated rings. The van der Waals surface area contributed by atoms with Gasteiger partial charge in [0.2, 0.25) is 0 Å². The minimum atomic E-state index is -0.908. The van der Waals surface area contributed by atoms with Crippen molar-refractivity contribution in [2.45, 2.75) is 52.6 Å². The Labute approximate surface area is 160 Å². The fourth-order valence-electron chi connectivity index (χ4n) is 3.11. The van der Waals surface area contributed by atoms with Crippen LogP contribution in [0.2, 0.25) is 0 Å². The highest BCUT2D eigenvalue weighted by atomic mass is 16.5. The second-order valence-corrected chi connectivity index (χ2v) is 7.80. The molecule has 1 atom stereocenters. The molecule has 0 aliphatic rings. The van der Waals surface area contributed by atoms with Crippen molar-refractivity contribution >= 4 is 22.7 Å². The number of carboxylic acids is 1. The molecule has 0 heterocycles. The first-order valence-corrected chi connectivity index (χ1v) is 9.16. The largest absolute Gasteiger partial charge is 0.497 e. The highest BCUT2D eigenvalue weighted by molar-refractivity contribution is 5.84. The van der Waals surface area contributed by atoms with Gasteiger partial charge in [-0.15, -0.1) is 0 Å². The summed E-state index contributed by atoms with van der Waals surface area (Å²) in [6, 6.07) is 12.3. The maximum atomic E-state index is 12.1. The van der Waals surface area contributed by atoms with Crippen molar-refractivity contribution in [3.63, 3.8) is 0 Å². The Hall–Kier alpha value is -2.56. The van der Waals surface area contributed by atoms with Gasteiger partial charge < -0.3 is 14.6 Å². The lowest BCUT2D eigenvalue weighted by molar-refractivity contribution is -0.151. The molecule has 2 aromatic rings. The molecule has 0 aromatic heterocycles. The third-order valence-electron chi connectivity index (χ3n) is 4.54. The summed E-state index contributed by atoms with van der Waals surface area (Å²) >= 11 is 0. The Morgan fingerprint density at radius 3 is 2.41 bits per heavy atom. The molecule has 27 heavy (non-hydrogen) atoms. The third kappa shape index (κ3) is 6.59. The van der Waals surface area contributed by atoms with E-state index in [0.717, 1.165) is 22.9 Å². The lowest BCUT2D eigenvalue weighted by atomic mass is 9.86. The molecule has 0 aliphatic heterocycles. The van der Waals surface area contributed by atoms with Crippen molar-refractivity contribution in [3.8, 4) is 5.75 Å².